The van der Waals surface area contributed by atoms with Gasteiger partial charge >= 0.3 is 0 Å². The Labute approximate surface area is 130 Å². The van der Waals surface area contributed by atoms with Gasteiger partial charge in [-0.05, 0) is 31.4 Å². The highest BCUT2D eigenvalue weighted by atomic mass is 32.2. The summed E-state index contributed by atoms with van der Waals surface area (Å²) in [5.74, 6) is 1.37. The van der Waals surface area contributed by atoms with Gasteiger partial charge in [0.2, 0.25) is 10.0 Å². The number of hydrogen-bond donors (Lipinski definition) is 3. The van der Waals surface area contributed by atoms with Crippen LogP contribution in [0.15, 0.2) is 21.3 Å². The van der Waals surface area contributed by atoms with Crippen molar-refractivity contribution >= 4 is 27.3 Å². The highest BCUT2D eigenvalue weighted by molar-refractivity contribution is 7.91. The number of nitrogens with zero attached hydrogens (tertiary/aromatic N) is 1. The van der Waals surface area contributed by atoms with Crippen LogP contribution in [0.2, 0.25) is 0 Å². The van der Waals surface area contributed by atoms with Gasteiger partial charge in [-0.2, -0.15) is 0 Å². The standard InChI is InChI=1S/C13H24N4O2S2/c1-4-15-13(16-8-7-10(2)3)17-9-11-5-6-12(20-11)21(14,18)19/h5-6,10H,4,7-9H2,1-3H3,(H2,14,18,19)(H2,15,16,17). The molecule has 4 N–H and O–H groups in total. The molecule has 1 heterocycles. The molecule has 8 heteroatoms. The Morgan fingerprint density at radius 2 is 2.10 bits per heavy atom. The van der Waals surface area contributed by atoms with Gasteiger partial charge in [0.15, 0.2) is 5.96 Å². The van der Waals surface area contributed by atoms with Crippen molar-refractivity contribution in [2.45, 2.75) is 37.9 Å². The Morgan fingerprint density at radius 3 is 2.62 bits per heavy atom. The maximum atomic E-state index is 11.2. The van der Waals surface area contributed by atoms with Crippen LogP contribution < -0.4 is 15.8 Å². The first-order valence-corrected chi connectivity index (χ1v) is 9.33. The number of aliphatic imine (C=N–C) groups is 1. The second-order valence-corrected chi connectivity index (χ2v) is 8.03. The summed E-state index contributed by atoms with van der Waals surface area (Å²) in [5.41, 5.74) is 0. The van der Waals surface area contributed by atoms with Crippen LogP contribution in [0.25, 0.3) is 0 Å². The van der Waals surface area contributed by atoms with Crippen molar-refractivity contribution in [1.29, 1.82) is 0 Å². The monoisotopic (exact) mass is 332 g/mol. The summed E-state index contributed by atoms with van der Waals surface area (Å²) in [7, 11) is -3.62. The average molecular weight is 332 g/mol. The molecular weight excluding hydrogens is 308 g/mol. The third-order valence-corrected chi connectivity index (χ3v) is 5.18. The van der Waals surface area contributed by atoms with E-state index in [-0.39, 0.29) is 4.21 Å². The topological polar surface area (TPSA) is 96.6 Å². The lowest BCUT2D eigenvalue weighted by atomic mass is 10.1. The molecule has 0 aliphatic rings. The molecule has 0 saturated carbocycles. The fourth-order valence-electron chi connectivity index (χ4n) is 1.57. The zero-order chi connectivity index (χ0) is 15.9. The van der Waals surface area contributed by atoms with E-state index in [1.165, 1.54) is 6.07 Å². The van der Waals surface area contributed by atoms with Crippen molar-refractivity contribution < 1.29 is 8.42 Å². The Balaban J connectivity index is 2.62. The van der Waals surface area contributed by atoms with E-state index in [1.807, 2.05) is 6.92 Å². The van der Waals surface area contributed by atoms with Crippen LogP contribution in [-0.4, -0.2) is 27.5 Å². The van der Waals surface area contributed by atoms with E-state index < -0.39 is 10.0 Å². The van der Waals surface area contributed by atoms with Gasteiger partial charge in [0, 0.05) is 18.0 Å². The maximum Gasteiger partial charge on any atom is 0.247 e. The first kappa shape index (κ1) is 17.9. The van der Waals surface area contributed by atoms with Gasteiger partial charge in [0.25, 0.3) is 0 Å². The zero-order valence-electron chi connectivity index (χ0n) is 12.7. The molecule has 0 atom stereocenters. The molecule has 0 aliphatic heterocycles. The minimum Gasteiger partial charge on any atom is -0.357 e. The van der Waals surface area contributed by atoms with E-state index in [4.69, 9.17) is 5.14 Å². The summed E-state index contributed by atoms with van der Waals surface area (Å²) in [6.45, 7) is 8.41. The second-order valence-electron chi connectivity index (χ2n) is 5.07. The lowest BCUT2D eigenvalue weighted by molar-refractivity contribution is 0.573. The largest absolute Gasteiger partial charge is 0.357 e. The summed E-state index contributed by atoms with van der Waals surface area (Å²) in [5, 5.41) is 11.5. The molecule has 0 aromatic carbocycles. The summed E-state index contributed by atoms with van der Waals surface area (Å²) in [4.78, 5) is 5.31. The highest BCUT2D eigenvalue weighted by Gasteiger charge is 2.10. The third kappa shape index (κ3) is 6.92. The molecule has 0 aliphatic carbocycles. The first-order chi connectivity index (χ1) is 9.82. The van der Waals surface area contributed by atoms with Crippen LogP contribution >= 0.6 is 11.3 Å². The summed E-state index contributed by atoms with van der Waals surface area (Å²) in [6, 6.07) is 3.26. The lowest BCUT2D eigenvalue weighted by Gasteiger charge is -2.12. The Kier molecular flexibility index (Phi) is 7.13. The number of guanidine groups is 1. The van der Waals surface area contributed by atoms with Crippen molar-refractivity contribution in [3.63, 3.8) is 0 Å². The molecule has 0 spiro atoms. The van der Waals surface area contributed by atoms with Crippen LogP contribution in [0.5, 0.6) is 0 Å². The number of rotatable bonds is 7. The quantitative estimate of drug-likeness (QED) is 0.521. The van der Waals surface area contributed by atoms with Crippen LogP contribution in [0.3, 0.4) is 0 Å². The predicted molar refractivity (Wildman–Crippen MR) is 88.0 cm³/mol. The van der Waals surface area contributed by atoms with E-state index in [1.54, 1.807) is 6.07 Å². The average Bonchev–Trinajstić information content (AvgIpc) is 2.84. The number of sulfonamides is 1. The number of nitrogens with two attached hydrogens (primary N) is 1. The molecule has 0 fully saturated rings. The van der Waals surface area contributed by atoms with Gasteiger partial charge in [-0.1, -0.05) is 13.8 Å². The molecule has 0 radical (unpaired) electrons. The van der Waals surface area contributed by atoms with Crippen LogP contribution in [0, 0.1) is 5.92 Å². The summed E-state index contributed by atoms with van der Waals surface area (Å²) < 4.78 is 22.6. The van der Waals surface area contributed by atoms with Crippen molar-refractivity contribution in [1.82, 2.24) is 10.6 Å². The molecule has 6 nitrogen and oxygen atoms in total. The van der Waals surface area contributed by atoms with E-state index in [9.17, 15) is 8.42 Å². The number of nitrogens with one attached hydrogen (secondary N) is 2. The fraction of sp³-hybridized carbons (Fsp3) is 0.615. The van der Waals surface area contributed by atoms with E-state index in [0.717, 1.165) is 41.7 Å². The first-order valence-electron chi connectivity index (χ1n) is 6.96. The molecule has 0 amide bonds. The van der Waals surface area contributed by atoms with Crippen molar-refractivity contribution in [2.24, 2.45) is 16.0 Å². The van der Waals surface area contributed by atoms with Gasteiger partial charge in [-0.25, -0.2) is 18.5 Å². The Bertz CT molecular complexity index is 564. The van der Waals surface area contributed by atoms with E-state index in [2.05, 4.69) is 29.5 Å². The minimum absolute atomic E-state index is 0.172. The molecule has 0 bridgehead atoms. The Morgan fingerprint density at radius 1 is 1.38 bits per heavy atom. The smallest absolute Gasteiger partial charge is 0.247 e. The number of thiophene rings is 1. The molecule has 0 unspecified atom stereocenters. The zero-order valence-corrected chi connectivity index (χ0v) is 14.4. The van der Waals surface area contributed by atoms with E-state index in [0.29, 0.717) is 12.5 Å². The molecule has 1 rings (SSSR count). The highest BCUT2D eigenvalue weighted by Crippen LogP contribution is 2.20. The fourth-order valence-corrected chi connectivity index (χ4v) is 3.28. The number of primary sulfonamides is 1. The molecule has 0 saturated heterocycles. The second kappa shape index (κ2) is 8.35. The summed E-state index contributed by atoms with van der Waals surface area (Å²) in [6.07, 6.45) is 1.07. The van der Waals surface area contributed by atoms with E-state index >= 15 is 0 Å². The number of hydrogen-bond acceptors (Lipinski definition) is 4. The van der Waals surface area contributed by atoms with Crippen LogP contribution in [0.1, 0.15) is 32.1 Å². The molecule has 1 aromatic rings. The maximum absolute atomic E-state index is 11.2. The predicted octanol–water partition coefficient (Wildman–Crippen LogP) is 1.50. The molecule has 21 heavy (non-hydrogen) atoms. The van der Waals surface area contributed by atoms with Gasteiger partial charge in [-0.15, -0.1) is 11.3 Å². The minimum atomic E-state index is -3.62. The molecule has 1 aromatic heterocycles. The van der Waals surface area contributed by atoms with Gasteiger partial charge < -0.3 is 10.6 Å². The molecule has 120 valence electrons. The van der Waals surface area contributed by atoms with Crippen LogP contribution in [-0.2, 0) is 16.6 Å². The third-order valence-electron chi connectivity index (χ3n) is 2.67. The van der Waals surface area contributed by atoms with Crippen molar-refractivity contribution in [3.8, 4) is 0 Å². The van der Waals surface area contributed by atoms with Gasteiger partial charge in [0.1, 0.15) is 4.21 Å². The van der Waals surface area contributed by atoms with Gasteiger partial charge in [0.05, 0.1) is 6.54 Å². The summed E-state index contributed by atoms with van der Waals surface area (Å²) >= 11 is 1.15. The SMILES string of the molecule is CCNC(=NCc1ccc(S(N)(=O)=O)s1)NCCC(C)C. The lowest BCUT2D eigenvalue weighted by Crippen LogP contribution is -2.38. The van der Waals surface area contributed by atoms with Crippen molar-refractivity contribution in [3.05, 3.63) is 17.0 Å². The Hall–Kier alpha value is -1.12. The molecular formula is C13H24N4O2S2. The van der Waals surface area contributed by atoms with Gasteiger partial charge in [-0.3, -0.25) is 0 Å². The normalized spacial score (nSPS) is 12.7. The van der Waals surface area contributed by atoms with Crippen molar-refractivity contribution in [2.75, 3.05) is 13.1 Å². The van der Waals surface area contributed by atoms with Crippen LogP contribution in [0.4, 0.5) is 0 Å².